The highest BCUT2D eigenvalue weighted by atomic mass is 35.5. The quantitative estimate of drug-likeness (QED) is 0.879. The number of rotatable bonds is 6. The SMILES string of the molecule is CCCn1nccc1C(NCC)c1ccc(Cl)c(F)c1. The van der Waals surface area contributed by atoms with Crippen LogP contribution in [0.5, 0.6) is 0 Å². The van der Waals surface area contributed by atoms with Gasteiger partial charge < -0.3 is 5.32 Å². The largest absolute Gasteiger partial charge is 0.305 e. The summed E-state index contributed by atoms with van der Waals surface area (Å²) in [4.78, 5) is 0. The Morgan fingerprint density at radius 1 is 1.35 bits per heavy atom. The summed E-state index contributed by atoms with van der Waals surface area (Å²) in [5.74, 6) is -0.395. The molecule has 5 heteroatoms. The minimum Gasteiger partial charge on any atom is -0.305 e. The molecular formula is C15H19ClFN3. The number of halogens is 2. The Balaban J connectivity index is 2.39. The third-order valence-corrected chi connectivity index (χ3v) is 3.47. The van der Waals surface area contributed by atoms with Crippen molar-refractivity contribution in [2.75, 3.05) is 6.54 Å². The van der Waals surface area contributed by atoms with E-state index in [-0.39, 0.29) is 11.1 Å². The lowest BCUT2D eigenvalue weighted by atomic mass is 10.0. The maximum Gasteiger partial charge on any atom is 0.142 e. The minimum atomic E-state index is -0.395. The van der Waals surface area contributed by atoms with Gasteiger partial charge in [-0.2, -0.15) is 5.10 Å². The molecule has 1 aromatic heterocycles. The second-order valence-electron chi connectivity index (χ2n) is 4.64. The molecule has 0 saturated heterocycles. The van der Waals surface area contributed by atoms with Gasteiger partial charge in [0.2, 0.25) is 0 Å². The smallest absolute Gasteiger partial charge is 0.142 e. The monoisotopic (exact) mass is 295 g/mol. The molecule has 0 radical (unpaired) electrons. The van der Waals surface area contributed by atoms with E-state index in [2.05, 4.69) is 17.3 Å². The summed E-state index contributed by atoms with van der Waals surface area (Å²) in [5.41, 5.74) is 1.89. The molecule has 0 saturated carbocycles. The Labute approximate surface area is 123 Å². The average molecular weight is 296 g/mol. The van der Waals surface area contributed by atoms with Gasteiger partial charge in [0.25, 0.3) is 0 Å². The topological polar surface area (TPSA) is 29.9 Å². The van der Waals surface area contributed by atoms with Crippen LogP contribution in [0.4, 0.5) is 4.39 Å². The number of aryl methyl sites for hydroxylation is 1. The van der Waals surface area contributed by atoms with E-state index in [1.54, 1.807) is 12.3 Å². The first-order valence-corrected chi connectivity index (χ1v) is 7.25. The number of nitrogens with one attached hydrogen (secondary N) is 1. The molecule has 1 heterocycles. The van der Waals surface area contributed by atoms with Gasteiger partial charge in [0, 0.05) is 12.7 Å². The van der Waals surface area contributed by atoms with Crippen LogP contribution in [0.15, 0.2) is 30.5 Å². The third-order valence-electron chi connectivity index (χ3n) is 3.17. The van der Waals surface area contributed by atoms with E-state index in [9.17, 15) is 4.39 Å². The fourth-order valence-electron chi connectivity index (χ4n) is 2.28. The second-order valence-corrected chi connectivity index (χ2v) is 5.05. The van der Waals surface area contributed by atoms with Gasteiger partial charge in [0.05, 0.1) is 16.8 Å². The summed E-state index contributed by atoms with van der Waals surface area (Å²) in [6.45, 7) is 5.77. The highest BCUT2D eigenvalue weighted by molar-refractivity contribution is 6.30. The van der Waals surface area contributed by atoms with Crippen LogP contribution in [0.2, 0.25) is 5.02 Å². The molecule has 0 aliphatic carbocycles. The Morgan fingerprint density at radius 3 is 2.80 bits per heavy atom. The van der Waals surface area contributed by atoms with Crippen molar-refractivity contribution in [3.05, 3.63) is 52.6 Å². The Hall–Kier alpha value is -1.39. The lowest BCUT2D eigenvalue weighted by Gasteiger charge is -2.20. The van der Waals surface area contributed by atoms with E-state index in [1.165, 1.54) is 6.07 Å². The van der Waals surface area contributed by atoms with Crippen LogP contribution in [-0.2, 0) is 6.54 Å². The van der Waals surface area contributed by atoms with E-state index in [1.807, 2.05) is 23.7 Å². The van der Waals surface area contributed by atoms with Gasteiger partial charge >= 0.3 is 0 Å². The summed E-state index contributed by atoms with van der Waals surface area (Å²) < 4.78 is 15.6. The standard InChI is InChI=1S/C15H19ClFN3/c1-3-9-20-14(7-8-19-20)15(18-4-2)11-5-6-12(16)13(17)10-11/h5-8,10,15,18H,3-4,9H2,1-2H3. The van der Waals surface area contributed by atoms with Crippen LogP contribution in [-0.4, -0.2) is 16.3 Å². The van der Waals surface area contributed by atoms with Crippen molar-refractivity contribution >= 4 is 11.6 Å². The van der Waals surface area contributed by atoms with Gasteiger partial charge in [0.1, 0.15) is 5.82 Å². The molecule has 0 aliphatic rings. The van der Waals surface area contributed by atoms with Crippen LogP contribution in [0.3, 0.4) is 0 Å². The molecule has 1 atom stereocenters. The van der Waals surface area contributed by atoms with Gasteiger partial charge in [-0.15, -0.1) is 0 Å². The summed E-state index contributed by atoms with van der Waals surface area (Å²) >= 11 is 5.76. The Kier molecular flexibility index (Phi) is 5.15. The van der Waals surface area contributed by atoms with Crippen LogP contribution >= 0.6 is 11.6 Å². The van der Waals surface area contributed by atoms with E-state index >= 15 is 0 Å². The molecule has 1 aromatic carbocycles. The van der Waals surface area contributed by atoms with E-state index in [4.69, 9.17) is 11.6 Å². The van der Waals surface area contributed by atoms with Gasteiger partial charge in [-0.1, -0.05) is 31.5 Å². The number of nitrogens with zero attached hydrogens (tertiary/aromatic N) is 2. The zero-order valence-corrected chi connectivity index (χ0v) is 12.5. The fraction of sp³-hybridized carbons (Fsp3) is 0.400. The maximum atomic E-state index is 13.7. The van der Waals surface area contributed by atoms with Crippen molar-refractivity contribution in [2.45, 2.75) is 32.9 Å². The predicted molar refractivity (Wildman–Crippen MR) is 79.4 cm³/mol. The molecule has 20 heavy (non-hydrogen) atoms. The van der Waals surface area contributed by atoms with Gasteiger partial charge in [-0.05, 0) is 36.7 Å². The molecule has 2 rings (SSSR count). The molecule has 2 aromatic rings. The lowest BCUT2D eigenvalue weighted by Crippen LogP contribution is -2.25. The molecule has 0 fully saturated rings. The third kappa shape index (κ3) is 3.19. The molecule has 1 unspecified atom stereocenters. The first-order chi connectivity index (χ1) is 9.67. The predicted octanol–water partition coefficient (Wildman–Crippen LogP) is 3.78. The van der Waals surface area contributed by atoms with E-state index in [0.29, 0.717) is 0 Å². The van der Waals surface area contributed by atoms with Crippen molar-refractivity contribution in [3.8, 4) is 0 Å². The number of hydrogen-bond acceptors (Lipinski definition) is 2. The first kappa shape index (κ1) is 15.0. The summed E-state index contributed by atoms with van der Waals surface area (Å²) in [7, 11) is 0. The average Bonchev–Trinajstić information content (AvgIpc) is 2.88. The van der Waals surface area contributed by atoms with Crippen LogP contribution in [0, 0.1) is 5.82 Å². The minimum absolute atomic E-state index is 0.0826. The van der Waals surface area contributed by atoms with E-state index < -0.39 is 5.82 Å². The molecule has 0 amide bonds. The van der Waals surface area contributed by atoms with Crippen LogP contribution in [0.1, 0.15) is 37.6 Å². The molecule has 3 nitrogen and oxygen atoms in total. The van der Waals surface area contributed by atoms with Crippen molar-refractivity contribution in [1.29, 1.82) is 0 Å². The summed E-state index contributed by atoms with van der Waals surface area (Å²) in [6.07, 6.45) is 2.78. The maximum absolute atomic E-state index is 13.7. The zero-order valence-electron chi connectivity index (χ0n) is 11.7. The van der Waals surface area contributed by atoms with Gasteiger partial charge in [-0.3, -0.25) is 4.68 Å². The van der Waals surface area contributed by atoms with Gasteiger partial charge in [0.15, 0.2) is 0 Å². The molecule has 108 valence electrons. The molecule has 0 aliphatic heterocycles. The van der Waals surface area contributed by atoms with Gasteiger partial charge in [-0.25, -0.2) is 4.39 Å². The van der Waals surface area contributed by atoms with Crippen LogP contribution < -0.4 is 5.32 Å². The fourth-order valence-corrected chi connectivity index (χ4v) is 2.39. The van der Waals surface area contributed by atoms with E-state index in [0.717, 1.165) is 30.8 Å². The van der Waals surface area contributed by atoms with Crippen LogP contribution in [0.25, 0.3) is 0 Å². The first-order valence-electron chi connectivity index (χ1n) is 6.87. The zero-order chi connectivity index (χ0) is 14.5. The highest BCUT2D eigenvalue weighted by Crippen LogP contribution is 2.25. The normalized spacial score (nSPS) is 12.6. The van der Waals surface area contributed by atoms with Crippen molar-refractivity contribution < 1.29 is 4.39 Å². The Bertz CT molecular complexity index is 568. The number of benzene rings is 1. The number of aromatic nitrogens is 2. The van der Waals surface area contributed by atoms with Crippen molar-refractivity contribution in [1.82, 2.24) is 15.1 Å². The molecule has 0 bridgehead atoms. The van der Waals surface area contributed by atoms with Crippen molar-refractivity contribution in [2.24, 2.45) is 0 Å². The number of hydrogen-bond donors (Lipinski definition) is 1. The second kappa shape index (κ2) is 6.86. The Morgan fingerprint density at radius 2 is 2.15 bits per heavy atom. The summed E-state index contributed by atoms with van der Waals surface area (Å²) in [6, 6.07) is 6.81. The molecular weight excluding hydrogens is 277 g/mol. The molecule has 1 N–H and O–H groups in total. The molecule has 0 spiro atoms. The lowest BCUT2D eigenvalue weighted by molar-refractivity contribution is 0.518. The summed E-state index contributed by atoms with van der Waals surface area (Å²) in [5, 5.41) is 7.85. The van der Waals surface area contributed by atoms with Crippen molar-refractivity contribution in [3.63, 3.8) is 0 Å². The highest BCUT2D eigenvalue weighted by Gasteiger charge is 2.18.